The fourth-order valence-electron chi connectivity index (χ4n) is 1.88. The summed E-state index contributed by atoms with van der Waals surface area (Å²) in [5.74, 6) is -1.71. The molecule has 0 saturated carbocycles. The largest absolute Gasteiger partial charge is 0.497 e. The van der Waals surface area contributed by atoms with E-state index in [1.165, 1.54) is 12.1 Å². The predicted molar refractivity (Wildman–Crippen MR) is 76.8 cm³/mol. The van der Waals surface area contributed by atoms with Gasteiger partial charge in [-0.1, -0.05) is 0 Å². The van der Waals surface area contributed by atoms with Crippen LogP contribution in [0.2, 0.25) is 0 Å². The third-order valence-corrected chi connectivity index (χ3v) is 4.39. The number of halogens is 2. The summed E-state index contributed by atoms with van der Waals surface area (Å²) in [5.41, 5.74) is -1.18. The smallest absolute Gasteiger partial charge is 0.478 e. The second kappa shape index (κ2) is 4.82. The number of rotatable bonds is 2. The molecule has 0 aromatic heterocycles. The van der Waals surface area contributed by atoms with Crippen LogP contribution in [0.5, 0.6) is 0 Å². The quantitative estimate of drug-likeness (QED) is 0.838. The van der Waals surface area contributed by atoms with Gasteiger partial charge in [-0.2, -0.15) is 0 Å². The molecule has 1 aliphatic rings. The lowest BCUT2D eigenvalue weighted by atomic mass is 9.78. The Bertz CT molecular complexity index is 558. The number of hydrogen-bond acceptors (Lipinski definition) is 3. The molecule has 0 unspecified atom stereocenters. The van der Waals surface area contributed by atoms with Crippen molar-refractivity contribution in [2.45, 2.75) is 38.9 Å². The fraction of sp³-hybridized carbons (Fsp3) is 0.462. The predicted octanol–water partition coefficient (Wildman–Crippen LogP) is 2.59. The molecule has 2 rings (SSSR count). The lowest BCUT2D eigenvalue weighted by Gasteiger charge is -2.32. The zero-order chi connectivity index (χ0) is 15.3. The van der Waals surface area contributed by atoms with E-state index in [2.05, 4.69) is 15.9 Å². The minimum Gasteiger partial charge on any atom is -0.478 e. The molecule has 7 heteroatoms. The molecule has 0 radical (unpaired) electrons. The Balaban J connectivity index is 2.47. The number of carboxylic acid groups (broad SMARTS) is 1. The average molecular weight is 345 g/mol. The summed E-state index contributed by atoms with van der Waals surface area (Å²) in [7, 11) is -0.935. The second-order valence-corrected chi connectivity index (χ2v) is 6.61. The summed E-state index contributed by atoms with van der Waals surface area (Å²) in [6, 6.07) is 2.46. The van der Waals surface area contributed by atoms with Crippen LogP contribution in [0.1, 0.15) is 38.1 Å². The number of carbonyl (C=O) groups is 1. The topological polar surface area (TPSA) is 55.8 Å². The van der Waals surface area contributed by atoms with E-state index in [4.69, 9.17) is 14.4 Å². The lowest BCUT2D eigenvalue weighted by molar-refractivity contribution is 0.00578. The van der Waals surface area contributed by atoms with Gasteiger partial charge in [0, 0.05) is 5.46 Å². The summed E-state index contributed by atoms with van der Waals surface area (Å²) >= 11 is 3.02. The molecule has 1 aromatic rings. The van der Waals surface area contributed by atoms with Crippen LogP contribution in [0.4, 0.5) is 4.39 Å². The van der Waals surface area contributed by atoms with Crippen LogP contribution >= 0.6 is 15.9 Å². The van der Waals surface area contributed by atoms with Gasteiger partial charge in [0.1, 0.15) is 5.82 Å². The van der Waals surface area contributed by atoms with Gasteiger partial charge in [0.2, 0.25) is 0 Å². The van der Waals surface area contributed by atoms with E-state index in [9.17, 15) is 9.18 Å². The van der Waals surface area contributed by atoms with Crippen molar-refractivity contribution in [3.63, 3.8) is 0 Å². The highest BCUT2D eigenvalue weighted by molar-refractivity contribution is 9.10. The lowest BCUT2D eigenvalue weighted by Crippen LogP contribution is -2.41. The Labute approximate surface area is 125 Å². The molecule has 0 spiro atoms. The third-order valence-electron chi connectivity index (χ3n) is 3.81. The molecule has 0 amide bonds. The Morgan fingerprint density at radius 3 is 2.20 bits per heavy atom. The highest BCUT2D eigenvalue weighted by atomic mass is 79.9. The minimum absolute atomic E-state index is 0.0250. The van der Waals surface area contributed by atoms with Gasteiger partial charge in [0.25, 0.3) is 0 Å². The summed E-state index contributed by atoms with van der Waals surface area (Å²) in [5, 5.41) is 9.05. The first-order chi connectivity index (χ1) is 9.05. The van der Waals surface area contributed by atoms with Gasteiger partial charge in [-0.15, -0.1) is 0 Å². The monoisotopic (exact) mass is 344 g/mol. The van der Waals surface area contributed by atoms with Crippen LogP contribution in [-0.4, -0.2) is 29.4 Å². The molecule has 0 aliphatic carbocycles. The van der Waals surface area contributed by atoms with Crippen LogP contribution < -0.4 is 5.46 Å². The van der Waals surface area contributed by atoms with E-state index in [1.54, 1.807) is 0 Å². The maximum absolute atomic E-state index is 14.2. The van der Waals surface area contributed by atoms with Crippen molar-refractivity contribution < 1.29 is 23.6 Å². The Morgan fingerprint density at radius 1 is 1.25 bits per heavy atom. The maximum Gasteiger partial charge on any atom is 0.497 e. The SMILES string of the molecule is CC1(C)OB(c2cc(C(=O)O)cc(Br)c2F)OC1(C)C. The Kier molecular flexibility index (Phi) is 3.73. The molecular weight excluding hydrogens is 330 g/mol. The van der Waals surface area contributed by atoms with E-state index in [0.717, 1.165) is 0 Å². The molecule has 0 atom stereocenters. The first-order valence-electron chi connectivity index (χ1n) is 6.13. The molecule has 1 aromatic carbocycles. The molecule has 4 nitrogen and oxygen atoms in total. The standard InChI is InChI=1S/C13H15BBrFO4/c1-12(2)13(3,4)20-14(19-12)8-5-7(11(17)18)6-9(15)10(8)16/h5-6H,1-4H3,(H,17,18). The highest BCUT2D eigenvalue weighted by Gasteiger charge is 2.52. The maximum atomic E-state index is 14.2. The molecule has 1 heterocycles. The molecule has 108 valence electrons. The summed E-state index contributed by atoms with van der Waals surface area (Å²) < 4.78 is 25.8. The van der Waals surface area contributed by atoms with Crippen molar-refractivity contribution in [2.24, 2.45) is 0 Å². The van der Waals surface area contributed by atoms with Gasteiger partial charge in [-0.3, -0.25) is 0 Å². The van der Waals surface area contributed by atoms with Crippen LogP contribution in [-0.2, 0) is 9.31 Å². The minimum atomic E-state index is -1.14. The van der Waals surface area contributed by atoms with Crippen LogP contribution in [0.3, 0.4) is 0 Å². The molecule has 0 bridgehead atoms. The number of hydrogen-bond donors (Lipinski definition) is 1. The fourth-order valence-corrected chi connectivity index (χ4v) is 2.35. The van der Waals surface area contributed by atoms with E-state index < -0.39 is 30.1 Å². The van der Waals surface area contributed by atoms with Crippen molar-refractivity contribution in [3.8, 4) is 0 Å². The van der Waals surface area contributed by atoms with Crippen molar-refractivity contribution in [2.75, 3.05) is 0 Å². The Morgan fingerprint density at radius 2 is 1.75 bits per heavy atom. The molecule has 20 heavy (non-hydrogen) atoms. The van der Waals surface area contributed by atoms with Crippen molar-refractivity contribution >= 4 is 34.5 Å². The number of benzene rings is 1. The molecule has 1 N–H and O–H groups in total. The number of aromatic carboxylic acids is 1. The summed E-state index contributed by atoms with van der Waals surface area (Å²) in [6.45, 7) is 7.39. The van der Waals surface area contributed by atoms with Gasteiger partial charge in [0.15, 0.2) is 0 Å². The van der Waals surface area contributed by atoms with E-state index >= 15 is 0 Å². The molecular formula is C13H15BBrFO4. The van der Waals surface area contributed by atoms with Crippen LogP contribution in [0.25, 0.3) is 0 Å². The van der Waals surface area contributed by atoms with Gasteiger partial charge in [0.05, 0.1) is 21.2 Å². The van der Waals surface area contributed by atoms with E-state index in [-0.39, 0.29) is 15.5 Å². The van der Waals surface area contributed by atoms with Gasteiger partial charge < -0.3 is 14.4 Å². The van der Waals surface area contributed by atoms with Crippen LogP contribution in [0.15, 0.2) is 16.6 Å². The van der Waals surface area contributed by atoms with Crippen molar-refractivity contribution in [1.82, 2.24) is 0 Å². The first-order valence-corrected chi connectivity index (χ1v) is 6.92. The summed E-state index contributed by atoms with van der Waals surface area (Å²) in [6.07, 6.45) is 0. The first kappa shape index (κ1) is 15.5. The zero-order valence-corrected chi connectivity index (χ0v) is 13.2. The average Bonchev–Trinajstić information content (AvgIpc) is 2.51. The molecule has 1 saturated heterocycles. The molecule has 1 fully saturated rings. The molecule has 1 aliphatic heterocycles. The second-order valence-electron chi connectivity index (χ2n) is 5.75. The normalized spacial score (nSPS) is 20.2. The van der Waals surface area contributed by atoms with Gasteiger partial charge >= 0.3 is 13.1 Å². The van der Waals surface area contributed by atoms with Gasteiger partial charge in [-0.25, -0.2) is 9.18 Å². The summed E-state index contributed by atoms with van der Waals surface area (Å²) in [4.78, 5) is 11.1. The van der Waals surface area contributed by atoms with E-state index in [1.807, 2.05) is 27.7 Å². The van der Waals surface area contributed by atoms with E-state index in [0.29, 0.717) is 0 Å². The zero-order valence-electron chi connectivity index (χ0n) is 11.7. The highest BCUT2D eigenvalue weighted by Crippen LogP contribution is 2.37. The third kappa shape index (κ3) is 2.50. The Hall–Kier alpha value is -0.915. The van der Waals surface area contributed by atoms with Crippen molar-refractivity contribution in [1.29, 1.82) is 0 Å². The van der Waals surface area contributed by atoms with Crippen molar-refractivity contribution in [3.05, 3.63) is 28.0 Å². The number of carboxylic acids is 1. The van der Waals surface area contributed by atoms with Crippen LogP contribution in [0, 0.1) is 5.82 Å². The van der Waals surface area contributed by atoms with Gasteiger partial charge in [-0.05, 0) is 55.8 Å².